The van der Waals surface area contributed by atoms with Gasteiger partial charge in [-0.2, -0.15) is 0 Å². The molecule has 0 unspecified atom stereocenters. The van der Waals surface area contributed by atoms with E-state index < -0.39 is 41.3 Å². The highest BCUT2D eigenvalue weighted by molar-refractivity contribution is 5.92. The highest BCUT2D eigenvalue weighted by Gasteiger charge is 2.42. The number of aliphatic hydroxyl groups is 1. The lowest BCUT2D eigenvalue weighted by atomic mass is 9.70. The van der Waals surface area contributed by atoms with Crippen LogP contribution < -0.4 is 5.32 Å². The van der Waals surface area contributed by atoms with Gasteiger partial charge >= 0.3 is 6.09 Å². The number of hydrogen-bond donors (Lipinski definition) is 3. The van der Waals surface area contributed by atoms with Crippen molar-refractivity contribution < 1.29 is 32.6 Å². The first-order valence-electron chi connectivity index (χ1n) is 13.1. The Morgan fingerprint density at radius 3 is 2.44 bits per heavy atom. The molecule has 3 aromatic rings. The van der Waals surface area contributed by atoms with Crippen molar-refractivity contribution in [3.8, 4) is 11.3 Å². The molecule has 1 aliphatic heterocycles. The van der Waals surface area contributed by atoms with Crippen molar-refractivity contribution in [1.82, 2.24) is 15.2 Å². The number of ether oxygens (including phenoxy) is 1. The van der Waals surface area contributed by atoms with Crippen molar-refractivity contribution in [3.05, 3.63) is 59.4 Å². The molecule has 1 aliphatic carbocycles. The van der Waals surface area contributed by atoms with Crippen LogP contribution in [-0.2, 0) is 9.53 Å². The fourth-order valence-electron chi connectivity index (χ4n) is 5.59. The van der Waals surface area contributed by atoms with E-state index in [1.807, 2.05) is 0 Å². The number of aliphatic hydroxyl groups excluding tert-OH is 1. The molecular formula is C29H32F3N3O4. The highest BCUT2D eigenvalue weighted by Crippen LogP contribution is 2.48. The number of H-pyrrole nitrogens is 1. The first kappa shape index (κ1) is 27.1. The van der Waals surface area contributed by atoms with Crippen LogP contribution in [0.15, 0.2) is 36.4 Å². The lowest BCUT2D eigenvalue weighted by Gasteiger charge is -2.36. The molecule has 1 saturated carbocycles. The molecule has 1 aromatic heterocycles. The predicted molar refractivity (Wildman–Crippen MR) is 139 cm³/mol. The third-order valence-electron chi connectivity index (χ3n) is 7.42. The summed E-state index contributed by atoms with van der Waals surface area (Å²) in [4.78, 5) is 29.8. The summed E-state index contributed by atoms with van der Waals surface area (Å²) in [7, 11) is 0. The normalized spacial score (nSPS) is 23.1. The van der Waals surface area contributed by atoms with Crippen molar-refractivity contribution in [2.45, 2.75) is 63.7 Å². The van der Waals surface area contributed by atoms with E-state index in [0.717, 1.165) is 11.6 Å². The molecule has 0 spiro atoms. The van der Waals surface area contributed by atoms with E-state index >= 15 is 0 Å². The molecule has 208 valence electrons. The smallest absolute Gasteiger partial charge is 0.411 e. The van der Waals surface area contributed by atoms with Gasteiger partial charge in [-0.25, -0.2) is 18.0 Å². The minimum atomic E-state index is -0.824. The lowest BCUT2D eigenvalue weighted by molar-refractivity contribution is -0.125. The number of nitrogens with zero attached hydrogens (tertiary/aromatic N) is 1. The van der Waals surface area contributed by atoms with Gasteiger partial charge in [0, 0.05) is 24.4 Å². The number of hydrogen-bond acceptors (Lipinski definition) is 4. The zero-order chi connectivity index (χ0) is 28.1. The minimum Gasteiger partial charge on any atom is -0.444 e. The number of halogens is 3. The molecule has 2 aliphatic rings. The Bertz CT molecular complexity index is 1390. The Balaban J connectivity index is 1.28. The number of rotatable bonds is 5. The summed E-state index contributed by atoms with van der Waals surface area (Å²) >= 11 is 0. The van der Waals surface area contributed by atoms with Gasteiger partial charge in [0.05, 0.1) is 23.9 Å². The maximum atomic E-state index is 14.6. The van der Waals surface area contributed by atoms with Crippen LogP contribution in [0.25, 0.3) is 22.2 Å². The molecule has 2 fully saturated rings. The third kappa shape index (κ3) is 5.61. The van der Waals surface area contributed by atoms with Gasteiger partial charge in [-0.15, -0.1) is 0 Å². The number of fused-ring (bicyclic) bond motifs is 1. The number of carbonyl (C=O) groups excluding carboxylic acids is 2. The fourth-order valence-corrected chi connectivity index (χ4v) is 5.59. The van der Waals surface area contributed by atoms with E-state index in [1.165, 1.54) is 23.1 Å². The van der Waals surface area contributed by atoms with E-state index in [4.69, 9.17) is 4.74 Å². The van der Waals surface area contributed by atoms with Crippen LogP contribution >= 0.6 is 0 Å². The van der Waals surface area contributed by atoms with Crippen LogP contribution in [0.1, 0.15) is 51.5 Å². The van der Waals surface area contributed by atoms with E-state index in [0.29, 0.717) is 36.0 Å². The van der Waals surface area contributed by atoms with Gasteiger partial charge in [-0.3, -0.25) is 9.69 Å². The molecule has 1 saturated heterocycles. The van der Waals surface area contributed by atoms with Gasteiger partial charge in [-0.05, 0) is 86.9 Å². The monoisotopic (exact) mass is 543 g/mol. The van der Waals surface area contributed by atoms with Gasteiger partial charge in [0.1, 0.15) is 29.1 Å². The zero-order valence-electron chi connectivity index (χ0n) is 22.1. The Morgan fingerprint density at radius 1 is 1.08 bits per heavy atom. The second-order valence-corrected chi connectivity index (χ2v) is 11.5. The van der Waals surface area contributed by atoms with Gasteiger partial charge in [0.2, 0.25) is 5.91 Å². The molecule has 3 N–H and O–H groups in total. The average Bonchev–Trinajstić information content (AvgIpc) is 3.39. The number of aromatic amines is 1. The van der Waals surface area contributed by atoms with E-state index in [1.54, 1.807) is 32.9 Å². The maximum absolute atomic E-state index is 14.6. The Kier molecular flexibility index (Phi) is 7.09. The number of nitrogens with one attached hydrogen (secondary N) is 2. The Morgan fingerprint density at radius 2 is 1.77 bits per heavy atom. The molecule has 2 aromatic carbocycles. The SMILES string of the molecule is CC(C)(C)OC(=O)N1C[C@@H](O)C[C@H]1C(=O)NCC1CC(c2c(-c3ccc(F)cc3)[nH]c3c(F)cc(F)cc23)C1. The van der Waals surface area contributed by atoms with E-state index in [2.05, 4.69) is 10.3 Å². The standard InChI is InChI=1S/C29H32F3N3O4/c1-29(2,3)39-28(38)35-14-20(36)12-23(35)27(37)33-13-15-8-17(9-15)24-21-10-19(31)11-22(32)26(21)34-25(24)16-4-6-18(30)7-5-16/h4-7,10-11,15,17,20,23,34,36H,8-9,12-14H2,1-3H3,(H,33,37)/t15?,17?,20-,23-/m0/s1. The van der Waals surface area contributed by atoms with Crippen molar-refractivity contribution >= 4 is 22.9 Å². The number of likely N-dealkylation sites (tertiary alicyclic amines) is 1. The van der Waals surface area contributed by atoms with Crippen molar-refractivity contribution in [1.29, 1.82) is 0 Å². The summed E-state index contributed by atoms with van der Waals surface area (Å²) < 4.78 is 47.7. The summed E-state index contributed by atoms with van der Waals surface area (Å²) in [6.07, 6.45) is 0.0147. The summed E-state index contributed by atoms with van der Waals surface area (Å²) in [5.74, 6) is -2.03. The number of carbonyl (C=O) groups is 2. The summed E-state index contributed by atoms with van der Waals surface area (Å²) in [6, 6.07) is 7.15. The van der Waals surface area contributed by atoms with Crippen LogP contribution in [0.3, 0.4) is 0 Å². The quantitative estimate of drug-likeness (QED) is 0.411. The summed E-state index contributed by atoms with van der Waals surface area (Å²) in [5.41, 5.74) is 1.53. The van der Waals surface area contributed by atoms with Crippen LogP contribution in [0, 0.1) is 23.4 Å². The lowest BCUT2D eigenvalue weighted by Crippen LogP contribution is -2.49. The second kappa shape index (κ2) is 10.2. The predicted octanol–water partition coefficient (Wildman–Crippen LogP) is 5.23. The number of amides is 2. The van der Waals surface area contributed by atoms with Crippen LogP contribution in [-0.4, -0.2) is 57.8 Å². The molecule has 7 nitrogen and oxygen atoms in total. The molecule has 2 atom stereocenters. The van der Waals surface area contributed by atoms with Gasteiger partial charge in [0.25, 0.3) is 0 Å². The third-order valence-corrected chi connectivity index (χ3v) is 7.42. The molecule has 0 radical (unpaired) electrons. The van der Waals surface area contributed by atoms with Crippen molar-refractivity contribution in [2.75, 3.05) is 13.1 Å². The molecule has 0 bridgehead atoms. The Labute approximate surface area is 224 Å². The molecule has 5 rings (SSSR count). The molecule has 2 heterocycles. The summed E-state index contributed by atoms with van der Waals surface area (Å²) in [5, 5.41) is 13.4. The number of aromatic nitrogens is 1. The Hall–Kier alpha value is -3.53. The van der Waals surface area contributed by atoms with E-state index in [9.17, 15) is 27.9 Å². The number of β-amino-alcohol motifs (C(OH)–C–C–N with tert-alkyl or cyclic N) is 1. The maximum Gasteiger partial charge on any atom is 0.411 e. The van der Waals surface area contributed by atoms with Crippen molar-refractivity contribution in [3.63, 3.8) is 0 Å². The van der Waals surface area contributed by atoms with Gasteiger partial charge < -0.3 is 20.1 Å². The van der Waals surface area contributed by atoms with Crippen LogP contribution in [0.4, 0.5) is 18.0 Å². The highest BCUT2D eigenvalue weighted by atomic mass is 19.1. The average molecular weight is 544 g/mol. The van der Waals surface area contributed by atoms with Crippen molar-refractivity contribution in [2.24, 2.45) is 5.92 Å². The van der Waals surface area contributed by atoms with Gasteiger partial charge in [0.15, 0.2) is 0 Å². The molecule has 2 amide bonds. The topological polar surface area (TPSA) is 94.7 Å². The molecule has 10 heteroatoms. The first-order chi connectivity index (χ1) is 18.4. The second-order valence-electron chi connectivity index (χ2n) is 11.5. The molecular weight excluding hydrogens is 511 g/mol. The van der Waals surface area contributed by atoms with Crippen LogP contribution in [0.2, 0.25) is 0 Å². The minimum absolute atomic E-state index is 0.0199. The van der Waals surface area contributed by atoms with Gasteiger partial charge in [-0.1, -0.05) is 0 Å². The largest absolute Gasteiger partial charge is 0.444 e. The first-order valence-corrected chi connectivity index (χ1v) is 13.1. The van der Waals surface area contributed by atoms with Crippen LogP contribution in [0.5, 0.6) is 0 Å². The summed E-state index contributed by atoms with van der Waals surface area (Å²) in [6.45, 7) is 5.59. The zero-order valence-corrected chi connectivity index (χ0v) is 22.1. The van der Waals surface area contributed by atoms with E-state index in [-0.39, 0.29) is 36.2 Å². The number of benzene rings is 2. The molecule has 39 heavy (non-hydrogen) atoms. The fraction of sp³-hybridized carbons (Fsp3) is 0.448.